The van der Waals surface area contributed by atoms with Crippen molar-refractivity contribution in [3.05, 3.63) is 48.5 Å². The normalized spacial score (nSPS) is 21.4. The second kappa shape index (κ2) is 9.00. The van der Waals surface area contributed by atoms with E-state index in [1.54, 1.807) is 0 Å². The Morgan fingerprint density at radius 1 is 0.967 bits per heavy atom. The topological polar surface area (TPSA) is 36.0 Å². The van der Waals surface area contributed by atoms with E-state index in [0.717, 1.165) is 39.3 Å². The zero-order valence-electron chi connectivity index (χ0n) is 17.3. The predicted molar refractivity (Wildman–Crippen MR) is 121 cm³/mol. The number of fused-ring (bicyclic) bond motifs is 2. The van der Waals surface area contributed by atoms with Gasteiger partial charge in [0.1, 0.15) is 0 Å². The lowest BCUT2D eigenvalue weighted by atomic mass is 10.2. The summed E-state index contributed by atoms with van der Waals surface area (Å²) in [5, 5.41) is 0. The van der Waals surface area contributed by atoms with Crippen LogP contribution in [0.4, 0.5) is 11.4 Å². The number of hydrogen-bond acceptors (Lipinski definition) is 5. The molecular formula is C24H29N3O2S. The van der Waals surface area contributed by atoms with Gasteiger partial charge in [0.15, 0.2) is 0 Å². The molecule has 0 spiro atoms. The summed E-state index contributed by atoms with van der Waals surface area (Å²) in [5.74, 6) is 0.264. The number of rotatable bonds is 5. The third-order valence-electron chi connectivity index (χ3n) is 6.29. The van der Waals surface area contributed by atoms with Crippen molar-refractivity contribution in [2.45, 2.75) is 35.2 Å². The second-order valence-electron chi connectivity index (χ2n) is 8.26. The average Bonchev–Trinajstić information content (AvgIpc) is 3.30. The van der Waals surface area contributed by atoms with Gasteiger partial charge < -0.3 is 14.5 Å². The molecule has 5 nitrogen and oxygen atoms in total. The van der Waals surface area contributed by atoms with E-state index in [0.29, 0.717) is 19.1 Å². The van der Waals surface area contributed by atoms with Crippen molar-refractivity contribution in [3.63, 3.8) is 0 Å². The molecule has 0 aromatic heterocycles. The third-order valence-corrected chi connectivity index (χ3v) is 7.42. The van der Waals surface area contributed by atoms with E-state index in [2.05, 4.69) is 58.3 Å². The molecule has 2 saturated heterocycles. The first-order chi connectivity index (χ1) is 14.8. The number of para-hydroxylation sites is 2. The van der Waals surface area contributed by atoms with Gasteiger partial charge in [-0.25, -0.2) is 0 Å². The van der Waals surface area contributed by atoms with Crippen LogP contribution in [-0.2, 0) is 9.53 Å². The van der Waals surface area contributed by atoms with Gasteiger partial charge in [0.25, 0.3) is 0 Å². The maximum absolute atomic E-state index is 13.0. The summed E-state index contributed by atoms with van der Waals surface area (Å²) >= 11 is 1.81. The number of hydrogen-bond donors (Lipinski definition) is 0. The Kier molecular flexibility index (Phi) is 5.97. The third kappa shape index (κ3) is 4.22. The van der Waals surface area contributed by atoms with Gasteiger partial charge in [0, 0.05) is 62.1 Å². The fraction of sp³-hybridized carbons (Fsp3) is 0.458. The van der Waals surface area contributed by atoms with Crippen LogP contribution in [0.2, 0.25) is 0 Å². The smallest absolute Gasteiger partial charge is 0.224 e. The fourth-order valence-electron chi connectivity index (χ4n) is 4.64. The lowest BCUT2D eigenvalue weighted by molar-refractivity contribution is -0.132. The van der Waals surface area contributed by atoms with Crippen LogP contribution in [0.5, 0.6) is 0 Å². The summed E-state index contributed by atoms with van der Waals surface area (Å²) in [6.45, 7) is 6.20. The first-order valence-corrected chi connectivity index (χ1v) is 11.8. The van der Waals surface area contributed by atoms with E-state index in [1.165, 1.54) is 34.0 Å². The summed E-state index contributed by atoms with van der Waals surface area (Å²) in [6, 6.07) is 17.0. The highest BCUT2D eigenvalue weighted by molar-refractivity contribution is 7.99. The summed E-state index contributed by atoms with van der Waals surface area (Å²) in [4.78, 5) is 22.3. The SMILES string of the molecule is O=C(CCN1c2ccccc2Sc2ccccc21)N1CCN(C[C@H]2CCCO2)CC1. The van der Waals surface area contributed by atoms with E-state index in [4.69, 9.17) is 4.74 Å². The summed E-state index contributed by atoms with van der Waals surface area (Å²) in [6.07, 6.45) is 3.30. The van der Waals surface area contributed by atoms with Crippen LogP contribution in [0.25, 0.3) is 0 Å². The lowest BCUT2D eigenvalue weighted by Gasteiger charge is -2.37. The number of carbonyl (C=O) groups excluding carboxylic acids is 1. The Morgan fingerprint density at radius 3 is 2.27 bits per heavy atom. The average molecular weight is 424 g/mol. The van der Waals surface area contributed by atoms with Gasteiger partial charge in [0.2, 0.25) is 5.91 Å². The molecule has 0 saturated carbocycles. The van der Waals surface area contributed by atoms with Crippen LogP contribution < -0.4 is 4.90 Å². The molecule has 0 radical (unpaired) electrons. The maximum atomic E-state index is 13.0. The molecule has 158 valence electrons. The van der Waals surface area contributed by atoms with E-state index < -0.39 is 0 Å². The first-order valence-electron chi connectivity index (χ1n) is 11.0. The minimum Gasteiger partial charge on any atom is -0.377 e. The molecule has 1 amide bonds. The quantitative estimate of drug-likeness (QED) is 0.726. The van der Waals surface area contributed by atoms with Gasteiger partial charge >= 0.3 is 0 Å². The largest absolute Gasteiger partial charge is 0.377 e. The van der Waals surface area contributed by atoms with Crippen molar-refractivity contribution in [1.29, 1.82) is 0 Å². The molecule has 2 aromatic rings. The molecule has 3 aliphatic rings. The minimum absolute atomic E-state index is 0.264. The lowest BCUT2D eigenvalue weighted by Crippen LogP contribution is -2.50. The number of piperazine rings is 1. The predicted octanol–water partition coefficient (Wildman–Crippen LogP) is 4.00. The van der Waals surface area contributed by atoms with Gasteiger partial charge in [-0.2, -0.15) is 0 Å². The van der Waals surface area contributed by atoms with Crippen LogP contribution in [0.3, 0.4) is 0 Å². The zero-order chi connectivity index (χ0) is 20.3. The molecule has 6 heteroatoms. The Labute approximate surface area is 183 Å². The molecule has 3 aliphatic heterocycles. The highest BCUT2D eigenvalue weighted by atomic mass is 32.2. The van der Waals surface area contributed by atoms with E-state index >= 15 is 0 Å². The van der Waals surface area contributed by atoms with Gasteiger partial charge in [-0.15, -0.1) is 0 Å². The number of nitrogens with zero attached hydrogens (tertiary/aromatic N) is 3. The molecule has 2 fully saturated rings. The summed E-state index contributed by atoms with van der Waals surface area (Å²) in [7, 11) is 0. The highest BCUT2D eigenvalue weighted by Crippen LogP contribution is 2.47. The van der Waals surface area contributed by atoms with Crippen molar-refractivity contribution in [2.75, 3.05) is 50.8 Å². The summed E-state index contributed by atoms with van der Waals surface area (Å²) in [5.41, 5.74) is 2.41. The Bertz CT molecular complexity index is 846. The summed E-state index contributed by atoms with van der Waals surface area (Å²) < 4.78 is 5.76. The molecular weight excluding hydrogens is 394 g/mol. The number of anilines is 2. The van der Waals surface area contributed by atoms with Crippen LogP contribution >= 0.6 is 11.8 Å². The standard InChI is InChI=1S/C24H29N3O2S/c28-24(26-15-13-25(14-16-26)18-19-6-5-17-29-19)11-12-27-20-7-1-3-9-22(20)30-23-10-4-2-8-21(23)27/h1-4,7-10,19H,5-6,11-18H2/t19-/m1/s1. The Balaban J connectivity index is 1.19. The molecule has 0 unspecified atom stereocenters. The van der Waals surface area contributed by atoms with Crippen LogP contribution in [0.15, 0.2) is 58.3 Å². The van der Waals surface area contributed by atoms with Gasteiger partial charge in [0.05, 0.1) is 17.5 Å². The fourth-order valence-corrected chi connectivity index (χ4v) is 5.74. The second-order valence-corrected chi connectivity index (χ2v) is 9.34. The highest BCUT2D eigenvalue weighted by Gasteiger charge is 2.27. The molecule has 30 heavy (non-hydrogen) atoms. The molecule has 5 rings (SSSR count). The number of amides is 1. The van der Waals surface area contributed by atoms with E-state index in [9.17, 15) is 4.79 Å². The maximum Gasteiger partial charge on any atom is 0.224 e. The molecule has 0 aliphatic carbocycles. The van der Waals surface area contributed by atoms with Crippen LogP contribution in [-0.4, -0.2) is 67.7 Å². The molecule has 2 aromatic carbocycles. The van der Waals surface area contributed by atoms with Crippen molar-refractivity contribution in [2.24, 2.45) is 0 Å². The van der Waals surface area contributed by atoms with Crippen molar-refractivity contribution in [3.8, 4) is 0 Å². The van der Waals surface area contributed by atoms with Gasteiger partial charge in [-0.3, -0.25) is 9.69 Å². The molecule has 1 atom stereocenters. The van der Waals surface area contributed by atoms with Crippen LogP contribution in [0.1, 0.15) is 19.3 Å². The molecule has 0 bridgehead atoms. The van der Waals surface area contributed by atoms with Crippen molar-refractivity contribution in [1.82, 2.24) is 9.80 Å². The van der Waals surface area contributed by atoms with Gasteiger partial charge in [-0.1, -0.05) is 36.0 Å². The van der Waals surface area contributed by atoms with Crippen molar-refractivity contribution < 1.29 is 9.53 Å². The zero-order valence-corrected chi connectivity index (χ0v) is 18.2. The molecule has 0 N–H and O–H groups in total. The Morgan fingerprint density at radius 2 is 1.63 bits per heavy atom. The van der Waals surface area contributed by atoms with Crippen LogP contribution in [0, 0.1) is 0 Å². The van der Waals surface area contributed by atoms with Gasteiger partial charge in [-0.05, 0) is 37.1 Å². The van der Waals surface area contributed by atoms with E-state index in [-0.39, 0.29) is 5.91 Å². The minimum atomic E-state index is 0.264. The van der Waals surface area contributed by atoms with E-state index in [1.807, 2.05) is 16.7 Å². The molecule has 3 heterocycles. The first kappa shape index (κ1) is 19.9. The number of benzene rings is 2. The number of carbonyl (C=O) groups is 1. The monoisotopic (exact) mass is 423 g/mol. The number of ether oxygens (including phenoxy) is 1. The Hall–Kier alpha value is -2.02. The van der Waals surface area contributed by atoms with Crippen molar-refractivity contribution >= 4 is 29.0 Å².